The summed E-state index contributed by atoms with van der Waals surface area (Å²) in [5.74, 6) is -1.28. The first kappa shape index (κ1) is 15.2. The number of anilines is 1. The summed E-state index contributed by atoms with van der Waals surface area (Å²) < 4.78 is 5.08. The van der Waals surface area contributed by atoms with Gasteiger partial charge in [0.05, 0.1) is 24.7 Å². The van der Waals surface area contributed by atoms with Crippen molar-refractivity contribution in [2.24, 2.45) is 5.10 Å². The van der Waals surface area contributed by atoms with Crippen molar-refractivity contribution < 1.29 is 14.3 Å². The number of para-hydroxylation sites is 2. The highest BCUT2D eigenvalue weighted by Crippen LogP contribution is 2.22. The molecule has 0 aliphatic carbocycles. The minimum atomic E-state index is -0.891. The number of pyridine rings is 1. The minimum absolute atomic E-state index is 0.402. The first-order chi connectivity index (χ1) is 10.7. The van der Waals surface area contributed by atoms with E-state index in [-0.39, 0.29) is 0 Å². The lowest BCUT2D eigenvalue weighted by atomic mass is 10.3. The van der Waals surface area contributed by atoms with Gasteiger partial charge in [-0.1, -0.05) is 18.2 Å². The number of benzene rings is 1. The number of amides is 2. The standard InChI is InChI=1S/C15H14N4O3/c1-22-13-8-3-2-7-12(13)18-14(20)15(21)19-17-10-11-6-4-5-9-16-11/h2-10H,1H3,(H,18,20)(H,19,21)/b17-10-. The van der Waals surface area contributed by atoms with E-state index in [9.17, 15) is 9.59 Å². The van der Waals surface area contributed by atoms with E-state index in [0.29, 0.717) is 17.1 Å². The lowest BCUT2D eigenvalue weighted by Gasteiger charge is -2.08. The number of rotatable bonds is 4. The molecule has 2 rings (SSSR count). The molecule has 0 radical (unpaired) electrons. The maximum atomic E-state index is 11.8. The monoisotopic (exact) mass is 298 g/mol. The van der Waals surface area contributed by atoms with E-state index in [1.807, 2.05) is 0 Å². The molecule has 0 aliphatic heterocycles. The molecule has 1 aromatic carbocycles. The highest BCUT2D eigenvalue weighted by molar-refractivity contribution is 6.39. The molecule has 2 amide bonds. The van der Waals surface area contributed by atoms with Crippen LogP contribution in [0.1, 0.15) is 5.69 Å². The van der Waals surface area contributed by atoms with Gasteiger partial charge in [-0.15, -0.1) is 0 Å². The molecule has 2 aromatic rings. The molecule has 1 heterocycles. The van der Waals surface area contributed by atoms with Gasteiger partial charge in [0.1, 0.15) is 5.75 Å². The molecule has 7 heteroatoms. The van der Waals surface area contributed by atoms with Crippen LogP contribution in [0.15, 0.2) is 53.8 Å². The molecule has 0 saturated heterocycles. The number of methoxy groups -OCH3 is 1. The number of nitrogens with one attached hydrogen (secondary N) is 2. The van der Waals surface area contributed by atoms with E-state index in [1.165, 1.54) is 13.3 Å². The number of aromatic nitrogens is 1. The predicted octanol–water partition coefficient (Wildman–Crippen LogP) is 1.18. The van der Waals surface area contributed by atoms with E-state index in [0.717, 1.165) is 0 Å². The zero-order chi connectivity index (χ0) is 15.8. The summed E-state index contributed by atoms with van der Waals surface area (Å²) in [4.78, 5) is 27.4. The third-order valence-electron chi connectivity index (χ3n) is 2.61. The van der Waals surface area contributed by atoms with Crippen molar-refractivity contribution in [3.63, 3.8) is 0 Å². The average molecular weight is 298 g/mol. The lowest BCUT2D eigenvalue weighted by molar-refractivity contribution is -0.136. The number of hydrazone groups is 1. The molecule has 7 nitrogen and oxygen atoms in total. The smallest absolute Gasteiger partial charge is 0.329 e. The summed E-state index contributed by atoms with van der Waals surface area (Å²) in [5, 5.41) is 6.11. The largest absolute Gasteiger partial charge is 0.495 e. The number of hydrogen-bond acceptors (Lipinski definition) is 5. The summed E-state index contributed by atoms with van der Waals surface area (Å²) in [6, 6.07) is 12.0. The summed E-state index contributed by atoms with van der Waals surface area (Å²) in [6.07, 6.45) is 2.94. The van der Waals surface area contributed by atoms with Crippen LogP contribution >= 0.6 is 0 Å². The summed E-state index contributed by atoms with van der Waals surface area (Å²) in [5.41, 5.74) is 3.09. The summed E-state index contributed by atoms with van der Waals surface area (Å²) in [7, 11) is 1.47. The Morgan fingerprint density at radius 3 is 2.64 bits per heavy atom. The van der Waals surface area contributed by atoms with Crippen molar-refractivity contribution in [1.29, 1.82) is 0 Å². The van der Waals surface area contributed by atoms with E-state index >= 15 is 0 Å². The third-order valence-corrected chi connectivity index (χ3v) is 2.61. The number of ether oxygens (including phenoxy) is 1. The van der Waals surface area contributed by atoms with Crippen molar-refractivity contribution in [2.45, 2.75) is 0 Å². The number of nitrogens with zero attached hydrogens (tertiary/aromatic N) is 2. The molecule has 2 N–H and O–H groups in total. The zero-order valence-corrected chi connectivity index (χ0v) is 11.8. The van der Waals surface area contributed by atoms with Crippen molar-refractivity contribution in [3.05, 3.63) is 54.4 Å². The first-order valence-corrected chi connectivity index (χ1v) is 6.39. The molecule has 0 aliphatic rings. The highest BCUT2D eigenvalue weighted by atomic mass is 16.5. The van der Waals surface area contributed by atoms with E-state index in [4.69, 9.17) is 4.74 Å². The van der Waals surface area contributed by atoms with Crippen LogP contribution in [-0.4, -0.2) is 30.1 Å². The van der Waals surface area contributed by atoms with Crippen LogP contribution in [0.4, 0.5) is 5.69 Å². The fourth-order valence-corrected chi connectivity index (χ4v) is 1.59. The Kier molecular flexibility index (Phi) is 5.20. The maximum Gasteiger partial charge on any atom is 0.329 e. The van der Waals surface area contributed by atoms with Crippen LogP contribution in [0.25, 0.3) is 0 Å². The van der Waals surface area contributed by atoms with Crippen molar-refractivity contribution in [1.82, 2.24) is 10.4 Å². The van der Waals surface area contributed by atoms with Crippen LogP contribution in [-0.2, 0) is 9.59 Å². The Labute approximate surface area is 127 Å². The van der Waals surface area contributed by atoms with Crippen LogP contribution in [0.5, 0.6) is 5.75 Å². The van der Waals surface area contributed by atoms with Crippen molar-refractivity contribution in [2.75, 3.05) is 12.4 Å². The van der Waals surface area contributed by atoms with Gasteiger partial charge in [-0.05, 0) is 24.3 Å². The van der Waals surface area contributed by atoms with Gasteiger partial charge in [-0.3, -0.25) is 14.6 Å². The van der Waals surface area contributed by atoms with Gasteiger partial charge >= 0.3 is 11.8 Å². The fourth-order valence-electron chi connectivity index (χ4n) is 1.59. The molecule has 0 atom stereocenters. The SMILES string of the molecule is COc1ccccc1NC(=O)C(=O)N/N=C\c1ccccn1. The lowest BCUT2D eigenvalue weighted by Crippen LogP contribution is -2.32. The van der Waals surface area contributed by atoms with Gasteiger partial charge < -0.3 is 10.1 Å². The first-order valence-electron chi connectivity index (χ1n) is 6.39. The van der Waals surface area contributed by atoms with E-state index in [1.54, 1.807) is 48.7 Å². The second-order valence-electron chi connectivity index (χ2n) is 4.11. The second kappa shape index (κ2) is 7.53. The Bertz CT molecular complexity index is 686. The minimum Gasteiger partial charge on any atom is -0.495 e. The number of carbonyl (C=O) groups excluding carboxylic acids is 2. The van der Waals surface area contributed by atoms with Crippen molar-refractivity contribution >= 4 is 23.7 Å². The molecule has 0 saturated carbocycles. The molecular formula is C15H14N4O3. The van der Waals surface area contributed by atoms with Gasteiger partial charge in [0, 0.05) is 6.20 Å². The van der Waals surface area contributed by atoms with E-state index in [2.05, 4.69) is 20.8 Å². The Morgan fingerprint density at radius 1 is 1.14 bits per heavy atom. The molecule has 0 fully saturated rings. The van der Waals surface area contributed by atoms with Gasteiger partial charge in [0.15, 0.2) is 0 Å². The van der Waals surface area contributed by atoms with Gasteiger partial charge in [0.25, 0.3) is 0 Å². The highest BCUT2D eigenvalue weighted by Gasteiger charge is 2.14. The second-order valence-corrected chi connectivity index (χ2v) is 4.11. The normalized spacial score (nSPS) is 10.2. The molecular weight excluding hydrogens is 284 g/mol. The zero-order valence-electron chi connectivity index (χ0n) is 11.8. The van der Waals surface area contributed by atoms with Crippen LogP contribution in [0.3, 0.4) is 0 Å². The van der Waals surface area contributed by atoms with Gasteiger partial charge in [-0.25, -0.2) is 5.43 Å². The summed E-state index contributed by atoms with van der Waals surface area (Å²) >= 11 is 0. The Balaban J connectivity index is 1.92. The number of carbonyl (C=O) groups is 2. The average Bonchev–Trinajstić information content (AvgIpc) is 2.56. The maximum absolute atomic E-state index is 11.8. The molecule has 0 unspecified atom stereocenters. The van der Waals surface area contributed by atoms with Crippen LogP contribution in [0, 0.1) is 0 Å². The molecule has 112 valence electrons. The third kappa shape index (κ3) is 4.14. The Hall–Kier alpha value is -3.22. The predicted molar refractivity (Wildman–Crippen MR) is 81.6 cm³/mol. The van der Waals surface area contributed by atoms with Crippen LogP contribution < -0.4 is 15.5 Å². The molecule has 0 spiro atoms. The topological polar surface area (TPSA) is 92.7 Å². The fraction of sp³-hybridized carbons (Fsp3) is 0.0667. The summed E-state index contributed by atoms with van der Waals surface area (Å²) in [6.45, 7) is 0. The molecule has 22 heavy (non-hydrogen) atoms. The molecule has 1 aromatic heterocycles. The van der Waals surface area contributed by atoms with Gasteiger partial charge in [0.2, 0.25) is 0 Å². The van der Waals surface area contributed by atoms with Gasteiger partial charge in [-0.2, -0.15) is 5.10 Å². The molecule has 0 bridgehead atoms. The Morgan fingerprint density at radius 2 is 1.91 bits per heavy atom. The van der Waals surface area contributed by atoms with Crippen molar-refractivity contribution in [3.8, 4) is 5.75 Å². The van der Waals surface area contributed by atoms with Crippen LogP contribution in [0.2, 0.25) is 0 Å². The van der Waals surface area contributed by atoms with E-state index < -0.39 is 11.8 Å². The number of hydrogen-bond donors (Lipinski definition) is 2. The quantitative estimate of drug-likeness (QED) is 0.503.